The number of hydrogen-bond acceptors (Lipinski definition) is 9. The molecule has 186 valence electrons. The highest BCUT2D eigenvalue weighted by molar-refractivity contribution is 8.03. The molecule has 1 fully saturated rings. The molecule has 0 radical (unpaired) electrons. The summed E-state index contributed by atoms with van der Waals surface area (Å²) in [4.78, 5) is 40.3. The van der Waals surface area contributed by atoms with Crippen LogP contribution in [0.25, 0.3) is 0 Å². The number of ether oxygens (including phenoxy) is 1. The smallest absolute Gasteiger partial charge is 0.317 e. The van der Waals surface area contributed by atoms with E-state index < -0.39 is 17.9 Å². The lowest BCUT2D eigenvalue weighted by molar-refractivity contribution is -0.141. The third kappa shape index (κ3) is 10.5. The van der Waals surface area contributed by atoms with Crippen LogP contribution in [0.5, 0.6) is 0 Å². The van der Waals surface area contributed by atoms with Crippen molar-refractivity contribution in [2.45, 2.75) is 17.4 Å². The van der Waals surface area contributed by atoms with Crippen molar-refractivity contribution in [3.8, 4) is 5.40 Å². The van der Waals surface area contributed by atoms with E-state index in [4.69, 9.17) is 10.00 Å². The van der Waals surface area contributed by atoms with Gasteiger partial charge in [-0.2, -0.15) is 5.26 Å². The topological polar surface area (TPSA) is 155 Å². The number of thioether (sulfide) groups is 1. The fourth-order valence-corrected chi connectivity index (χ4v) is 4.22. The fourth-order valence-electron chi connectivity index (χ4n) is 3.84. The molecule has 2 rings (SSSR count). The average Bonchev–Trinajstić information content (AvgIpc) is 2.75. The molecule has 1 aromatic rings. The van der Waals surface area contributed by atoms with Gasteiger partial charge in [0.25, 0.3) is 0 Å². The number of thiocyanates is 1. The summed E-state index contributed by atoms with van der Waals surface area (Å²) in [6, 6.07) is 7.08. The second-order valence-electron chi connectivity index (χ2n) is 7.97. The Morgan fingerprint density at radius 3 is 2.12 bits per heavy atom. The van der Waals surface area contributed by atoms with E-state index in [9.17, 15) is 29.7 Å². The van der Waals surface area contributed by atoms with Crippen molar-refractivity contribution in [2.75, 3.05) is 65.6 Å². The summed E-state index contributed by atoms with van der Waals surface area (Å²) in [5, 5.41) is 38.9. The van der Waals surface area contributed by atoms with Gasteiger partial charge in [0.15, 0.2) is 0 Å². The van der Waals surface area contributed by atoms with Crippen molar-refractivity contribution in [1.29, 1.82) is 5.26 Å². The van der Waals surface area contributed by atoms with E-state index in [1.54, 1.807) is 14.7 Å². The minimum Gasteiger partial charge on any atom is -0.480 e. The number of carboxylic acids is 3. The molecule has 0 aromatic heterocycles. The van der Waals surface area contributed by atoms with Gasteiger partial charge in [-0.25, -0.2) is 0 Å². The molecule has 1 aliphatic rings. The normalized spacial score (nSPS) is 19.4. The van der Waals surface area contributed by atoms with Crippen molar-refractivity contribution in [3.05, 3.63) is 29.8 Å². The second-order valence-corrected chi connectivity index (χ2v) is 8.83. The first-order chi connectivity index (χ1) is 16.3. The average molecular weight is 495 g/mol. The Morgan fingerprint density at radius 1 is 0.912 bits per heavy atom. The zero-order valence-corrected chi connectivity index (χ0v) is 19.7. The van der Waals surface area contributed by atoms with Gasteiger partial charge in [-0.05, 0) is 35.9 Å². The van der Waals surface area contributed by atoms with E-state index in [0.717, 1.165) is 22.2 Å². The van der Waals surface area contributed by atoms with Crippen LogP contribution >= 0.6 is 11.8 Å². The van der Waals surface area contributed by atoms with E-state index in [-0.39, 0.29) is 45.4 Å². The van der Waals surface area contributed by atoms with Crippen LogP contribution in [0.4, 0.5) is 0 Å². The summed E-state index contributed by atoms with van der Waals surface area (Å²) in [5.41, 5.74) is 0.929. The quantitative estimate of drug-likeness (QED) is 0.321. The highest BCUT2D eigenvalue weighted by Crippen LogP contribution is 2.19. The molecule has 0 spiro atoms. The lowest BCUT2D eigenvalue weighted by Crippen LogP contribution is -2.51. The van der Waals surface area contributed by atoms with Crippen LogP contribution in [0.3, 0.4) is 0 Å². The number of benzene rings is 1. The minimum atomic E-state index is -1.01. The Labute approximate surface area is 202 Å². The Kier molecular flexibility index (Phi) is 11.8. The maximum Gasteiger partial charge on any atom is 0.317 e. The first-order valence-corrected chi connectivity index (χ1v) is 11.6. The Balaban J connectivity index is 2.27. The monoisotopic (exact) mass is 494 g/mol. The maximum atomic E-state index is 11.6. The van der Waals surface area contributed by atoms with Gasteiger partial charge in [-0.3, -0.25) is 29.1 Å². The van der Waals surface area contributed by atoms with Crippen molar-refractivity contribution in [2.24, 2.45) is 0 Å². The van der Waals surface area contributed by atoms with Gasteiger partial charge in [0.2, 0.25) is 0 Å². The van der Waals surface area contributed by atoms with Crippen LogP contribution in [0.2, 0.25) is 0 Å². The third-order valence-corrected chi connectivity index (χ3v) is 6.01. The molecule has 0 saturated carbocycles. The van der Waals surface area contributed by atoms with Crippen LogP contribution in [-0.4, -0.2) is 120 Å². The number of nitrogens with zero attached hydrogens (tertiary/aromatic N) is 4. The molecule has 12 heteroatoms. The molecule has 0 bridgehead atoms. The van der Waals surface area contributed by atoms with Crippen molar-refractivity contribution < 1.29 is 34.4 Å². The van der Waals surface area contributed by atoms with E-state index in [0.29, 0.717) is 32.6 Å². The molecule has 1 unspecified atom stereocenters. The van der Waals surface area contributed by atoms with Gasteiger partial charge in [0.1, 0.15) is 5.40 Å². The minimum absolute atomic E-state index is 0.175. The van der Waals surface area contributed by atoms with Crippen molar-refractivity contribution in [3.63, 3.8) is 0 Å². The summed E-state index contributed by atoms with van der Waals surface area (Å²) in [6.07, 6.45) is 0.472. The summed E-state index contributed by atoms with van der Waals surface area (Å²) in [5.74, 6) is -2.97. The molecule has 11 nitrogen and oxygen atoms in total. The molecule has 1 aliphatic heterocycles. The number of nitriles is 1. The Hall–Kier alpha value is -2.69. The number of hydrogen-bond donors (Lipinski definition) is 3. The number of carboxylic acid groups (broad SMARTS) is 3. The number of rotatable bonds is 9. The van der Waals surface area contributed by atoms with E-state index in [1.165, 1.54) is 0 Å². The lowest BCUT2D eigenvalue weighted by atomic mass is 10.0. The molecule has 1 saturated heterocycles. The molecular weight excluding hydrogens is 464 g/mol. The van der Waals surface area contributed by atoms with Gasteiger partial charge in [-0.1, -0.05) is 12.1 Å². The van der Waals surface area contributed by atoms with Crippen LogP contribution in [0.1, 0.15) is 5.56 Å². The molecule has 1 heterocycles. The van der Waals surface area contributed by atoms with Crippen molar-refractivity contribution >= 4 is 29.7 Å². The molecule has 1 aromatic carbocycles. The Morgan fingerprint density at radius 2 is 1.50 bits per heavy atom. The van der Waals surface area contributed by atoms with Gasteiger partial charge in [-0.15, -0.1) is 0 Å². The molecule has 34 heavy (non-hydrogen) atoms. The van der Waals surface area contributed by atoms with E-state index in [1.807, 2.05) is 29.7 Å². The van der Waals surface area contributed by atoms with E-state index >= 15 is 0 Å². The highest BCUT2D eigenvalue weighted by atomic mass is 32.2. The largest absolute Gasteiger partial charge is 0.480 e. The van der Waals surface area contributed by atoms with Crippen LogP contribution < -0.4 is 0 Å². The highest BCUT2D eigenvalue weighted by Gasteiger charge is 2.26. The lowest BCUT2D eigenvalue weighted by Gasteiger charge is -2.36. The van der Waals surface area contributed by atoms with Gasteiger partial charge in [0.05, 0.1) is 32.8 Å². The SMILES string of the molecule is N#CSc1ccc(CC2CN(CC(=O)O)CCN(CC(=O)O)CCOCCN2CC(=O)O)cc1. The third-order valence-electron chi connectivity index (χ3n) is 5.41. The van der Waals surface area contributed by atoms with Gasteiger partial charge >= 0.3 is 17.9 Å². The zero-order chi connectivity index (χ0) is 24.9. The van der Waals surface area contributed by atoms with Crippen LogP contribution in [-0.2, 0) is 25.5 Å². The summed E-state index contributed by atoms with van der Waals surface area (Å²) in [6.45, 7) is 1.57. The summed E-state index contributed by atoms with van der Waals surface area (Å²) in [7, 11) is 0. The molecule has 3 N–H and O–H groups in total. The predicted octanol–water partition coefficient (Wildman–Crippen LogP) is 0.361. The van der Waals surface area contributed by atoms with Crippen LogP contribution in [0.15, 0.2) is 29.2 Å². The molecular formula is C22H30N4O7S. The first kappa shape index (κ1) is 27.6. The number of carbonyl (C=O) groups is 3. The van der Waals surface area contributed by atoms with E-state index in [2.05, 4.69) is 0 Å². The molecule has 0 aliphatic carbocycles. The molecule has 1 atom stereocenters. The standard InChI is InChI=1S/C22H30N4O7S/c23-16-34-19-3-1-17(2-4-19)11-18-12-25(14-21(29)30)6-5-24(13-20(27)28)7-9-33-10-8-26(18)15-22(31)32/h1-4,18H,5-15H2,(H,27,28)(H,29,30)(H,31,32). The second kappa shape index (κ2) is 14.5. The molecule has 0 amide bonds. The fraction of sp³-hybridized carbons (Fsp3) is 0.545. The Bertz CT molecular complexity index is 862. The maximum absolute atomic E-state index is 11.6. The number of aliphatic carboxylic acids is 3. The summed E-state index contributed by atoms with van der Waals surface area (Å²) >= 11 is 1.05. The summed E-state index contributed by atoms with van der Waals surface area (Å²) < 4.78 is 5.65. The van der Waals surface area contributed by atoms with Crippen LogP contribution in [0, 0.1) is 10.7 Å². The van der Waals surface area contributed by atoms with Gasteiger partial charge in [0, 0.05) is 43.7 Å². The predicted molar refractivity (Wildman–Crippen MR) is 124 cm³/mol. The first-order valence-electron chi connectivity index (χ1n) is 10.8. The zero-order valence-electron chi connectivity index (χ0n) is 18.8. The van der Waals surface area contributed by atoms with Gasteiger partial charge < -0.3 is 20.1 Å². The van der Waals surface area contributed by atoms with Crippen molar-refractivity contribution in [1.82, 2.24) is 14.7 Å².